The first kappa shape index (κ1) is 9.56. The molecule has 3 heteroatoms. The van der Waals surface area contributed by atoms with Crippen molar-refractivity contribution in [1.29, 1.82) is 0 Å². The third-order valence-corrected chi connectivity index (χ3v) is 3.60. The average Bonchev–Trinajstić information content (AvgIpc) is 2.08. The van der Waals surface area contributed by atoms with Gasteiger partial charge in [-0.2, -0.15) is 0 Å². The van der Waals surface area contributed by atoms with Gasteiger partial charge in [0.2, 0.25) is 0 Å². The van der Waals surface area contributed by atoms with E-state index in [1.165, 1.54) is 5.56 Å². The van der Waals surface area contributed by atoms with E-state index in [0.717, 1.165) is 8.81 Å². The highest BCUT2D eigenvalue weighted by Crippen LogP contribution is 2.39. The van der Waals surface area contributed by atoms with Crippen LogP contribution in [0.5, 0.6) is 0 Å². The SMILES string of the molecule is CC(C)(C)c1c(Cl)csc1Br. The molecular formula is C8H10BrClS. The monoisotopic (exact) mass is 252 g/mol. The van der Waals surface area contributed by atoms with E-state index in [9.17, 15) is 0 Å². The van der Waals surface area contributed by atoms with Crippen molar-refractivity contribution in [2.45, 2.75) is 26.2 Å². The van der Waals surface area contributed by atoms with E-state index in [4.69, 9.17) is 11.6 Å². The van der Waals surface area contributed by atoms with E-state index in [2.05, 4.69) is 36.7 Å². The van der Waals surface area contributed by atoms with E-state index >= 15 is 0 Å². The molecule has 1 rings (SSSR count). The molecule has 0 radical (unpaired) electrons. The Bertz CT molecular complexity index is 240. The second kappa shape index (κ2) is 3.08. The summed E-state index contributed by atoms with van der Waals surface area (Å²) in [7, 11) is 0. The van der Waals surface area contributed by atoms with Gasteiger partial charge in [0.1, 0.15) is 0 Å². The minimum atomic E-state index is 0.135. The highest BCUT2D eigenvalue weighted by molar-refractivity contribution is 9.11. The van der Waals surface area contributed by atoms with Gasteiger partial charge in [-0.25, -0.2) is 0 Å². The zero-order valence-corrected chi connectivity index (χ0v) is 9.90. The molecule has 0 spiro atoms. The molecule has 0 N–H and O–H groups in total. The van der Waals surface area contributed by atoms with E-state index in [-0.39, 0.29) is 5.41 Å². The third kappa shape index (κ3) is 1.98. The highest BCUT2D eigenvalue weighted by atomic mass is 79.9. The maximum atomic E-state index is 6.01. The predicted octanol–water partition coefficient (Wildman–Crippen LogP) is 4.46. The van der Waals surface area contributed by atoms with Crippen molar-refractivity contribution in [1.82, 2.24) is 0 Å². The predicted molar refractivity (Wildman–Crippen MR) is 55.7 cm³/mol. The Morgan fingerprint density at radius 1 is 1.45 bits per heavy atom. The van der Waals surface area contributed by atoms with Gasteiger partial charge >= 0.3 is 0 Å². The van der Waals surface area contributed by atoms with Gasteiger partial charge in [0, 0.05) is 10.9 Å². The van der Waals surface area contributed by atoms with Crippen molar-refractivity contribution >= 4 is 38.9 Å². The summed E-state index contributed by atoms with van der Waals surface area (Å²) in [6, 6.07) is 0. The van der Waals surface area contributed by atoms with Gasteiger partial charge in [-0.05, 0) is 21.3 Å². The Morgan fingerprint density at radius 2 is 2.00 bits per heavy atom. The van der Waals surface area contributed by atoms with Crippen molar-refractivity contribution in [3.63, 3.8) is 0 Å². The molecule has 0 atom stereocenters. The van der Waals surface area contributed by atoms with Gasteiger partial charge < -0.3 is 0 Å². The lowest BCUT2D eigenvalue weighted by atomic mass is 9.89. The molecule has 0 saturated heterocycles. The molecule has 0 fully saturated rings. The fourth-order valence-corrected chi connectivity index (χ4v) is 3.60. The molecular weight excluding hydrogens is 244 g/mol. The summed E-state index contributed by atoms with van der Waals surface area (Å²) in [6.45, 7) is 6.48. The number of hydrogen-bond donors (Lipinski definition) is 0. The summed E-state index contributed by atoms with van der Waals surface area (Å²) in [4.78, 5) is 0. The second-order valence-corrected chi connectivity index (χ2v) is 6.09. The molecule has 1 aromatic rings. The first-order valence-electron chi connectivity index (χ1n) is 3.36. The number of rotatable bonds is 0. The van der Waals surface area contributed by atoms with Gasteiger partial charge in [-0.15, -0.1) is 11.3 Å². The van der Waals surface area contributed by atoms with Crippen molar-refractivity contribution in [3.8, 4) is 0 Å². The summed E-state index contributed by atoms with van der Waals surface area (Å²) in [6.07, 6.45) is 0. The maximum absolute atomic E-state index is 6.01. The highest BCUT2D eigenvalue weighted by Gasteiger charge is 2.21. The summed E-state index contributed by atoms with van der Waals surface area (Å²) in [5, 5.41) is 2.83. The topological polar surface area (TPSA) is 0 Å². The van der Waals surface area contributed by atoms with E-state index < -0.39 is 0 Å². The normalized spacial score (nSPS) is 12.1. The molecule has 0 aromatic carbocycles. The van der Waals surface area contributed by atoms with Crippen LogP contribution in [0.25, 0.3) is 0 Å². The zero-order valence-electron chi connectivity index (χ0n) is 6.74. The van der Waals surface area contributed by atoms with Gasteiger partial charge in [0.05, 0.1) is 8.81 Å². The van der Waals surface area contributed by atoms with Crippen LogP contribution in [0.3, 0.4) is 0 Å². The molecule has 0 aliphatic heterocycles. The van der Waals surface area contributed by atoms with Crippen LogP contribution < -0.4 is 0 Å². The molecule has 0 nitrogen and oxygen atoms in total. The maximum Gasteiger partial charge on any atom is 0.0751 e. The molecule has 62 valence electrons. The fraction of sp³-hybridized carbons (Fsp3) is 0.500. The van der Waals surface area contributed by atoms with Crippen LogP contribution in [-0.4, -0.2) is 0 Å². The van der Waals surface area contributed by atoms with Crippen LogP contribution in [-0.2, 0) is 5.41 Å². The molecule has 0 aliphatic carbocycles. The second-order valence-electron chi connectivity index (χ2n) is 3.48. The largest absolute Gasteiger partial charge is 0.135 e. The first-order chi connectivity index (χ1) is 4.93. The molecule has 0 unspecified atom stereocenters. The minimum Gasteiger partial charge on any atom is -0.135 e. The summed E-state index contributed by atoms with van der Waals surface area (Å²) < 4.78 is 1.15. The lowest BCUT2D eigenvalue weighted by Gasteiger charge is -2.18. The minimum absolute atomic E-state index is 0.135. The van der Waals surface area contributed by atoms with Gasteiger partial charge in [0.25, 0.3) is 0 Å². The number of hydrogen-bond acceptors (Lipinski definition) is 1. The summed E-state index contributed by atoms with van der Waals surface area (Å²) in [5.74, 6) is 0. The Morgan fingerprint density at radius 3 is 2.18 bits per heavy atom. The Balaban J connectivity index is 3.21. The van der Waals surface area contributed by atoms with E-state index in [0.29, 0.717) is 0 Å². The zero-order chi connectivity index (χ0) is 8.65. The number of thiophene rings is 1. The van der Waals surface area contributed by atoms with Crippen LogP contribution in [0.2, 0.25) is 5.02 Å². The standard InChI is InChI=1S/C8H10BrClS/c1-8(2,3)6-5(10)4-11-7(6)9/h4H,1-3H3. The number of halogens is 2. The van der Waals surface area contributed by atoms with E-state index in [1.807, 2.05) is 5.38 Å². The van der Waals surface area contributed by atoms with Crippen molar-refractivity contribution in [2.75, 3.05) is 0 Å². The molecule has 0 saturated carbocycles. The smallest absolute Gasteiger partial charge is 0.0751 e. The van der Waals surface area contributed by atoms with Crippen molar-refractivity contribution in [2.24, 2.45) is 0 Å². The van der Waals surface area contributed by atoms with Gasteiger partial charge in [-0.3, -0.25) is 0 Å². The fourth-order valence-electron chi connectivity index (χ4n) is 0.968. The van der Waals surface area contributed by atoms with Crippen LogP contribution >= 0.6 is 38.9 Å². The van der Waals surface area contributed by atoms with Crippen LogP contribution in [0.1, 0.15) is 26.3 Å². The van der Waals surface area contributed by atoms with Gasteiger partial charge in [-0.1, -0.05) is 32.4 Å². The molecule has 0 amide bonds. The Labute approximate surface area is 84.7 Å². The molecule has 0 bridgehead atoms. The van der Waals surface area contributed by atoms with Crippen molar-refractivity contribution in [3.05, 3.63) is 19.8 Å². The lowest BCUT2D eigenvalue weighted by Crippen LogP contribution is -2.10. The van der Waals surface area contributed by atoms with Crippen LogP contribution in [0, 0.1) is 0 Å². The summed E-state index contributed by atoms with van der Waals surface area (Å²) >= 11 is 11.1. The quantitative estimate of drug-likeness (QED) is 0.640. The molecule has 0 aliphatic rings. The molecule has 11 heavy (non-hydrogen) atoms. The Hall–Kier alpha value is 0.470. The van der Waals surface area contributed by atoms with Crippen LogP contribution in [0.4, 0.5) is 0 Å². The van der Waals surface area contributed by atoms with Gasteiger partial charge in [0.15, 0.2) is 0 Å². The van der Waals surface area contributed by atoms with Crippen molar-refractivity contribution < 1.29 is 0 Å². The van der Waals surface area contributed by atoms with Crippen LogP contribution in [0.15, 0.2) is 9.17 Å². The summed E-state index contributed by atoms with van der Waals surface area (Å²) in [5.41, 5.74) is 1.35. The third-order valence-electron chi connectivity index (χ3n) is 1.45. The molecule has 1 aromatic heterocycles. The van der Waals surface area contributed by atoms with E-state index in [1.54, 1.807) is 11.3 Å². The Kier molecular flexibility index (Phi) is 2.67. The first-order valence-corrected chi connectivity index (χ1v) is 5.41. The molecule has 1 heterocycles. The average molecular weight is 254 g/mol. The lowest BCUT2D eigenvalue weighted by molar-refractivity contribution is 0.590.